The number of carbonyl (C=O) groups is 3. The maximum atomic E-state index is 13.2. The highest BCUT2D eigenvalue weighted by Gasteiger charge is 2.36. The van der Waals surface area contributed by atoms with Crippen molar-refractivity contribution in [3.05, 3.63) is 69.8 Å². The molecule has 0 unspecified atom stereocenters. The Balaban J connectivity index is 0.000000267. The molecule has 0 aromatic heterocycles. The minimum absolute atomic E-state index is 0.282. The van der Waals surface area contributed by atoms with Crippen molar-refractivity contribution < 1.29 is 45.5 Å². The Kier molecular flexibility index (Phi) is 12.3. The van der Waals surface area contributed by atoms with Crippen molar-refractivity contribution in [2.75, 3.05) is 52.4 Å². The quantitative estimate of drug-likeness (QED) is 0.394. The summed E-state index contributed by atoms with van der Waals surface area (Å²) >= 11 is 0. The molecule has 2 aromatic rings. The minimum Gasteiger partial charge on any atom is -0.444 e. The van der Waals surface area contributed by atoms with Crippen molar-refractivity contribution in [3.8, 4) is 0 Å². The second-order valence-corrected chi connectivity index (χ2v) is 12.3. The zero-order valence-electron chi connectivity index (χ0n) is 26.4. The van der Waals surface area contributed by atoms with E-state index in [1.165, 1.54) is 12.1 Å². The Morgan fingerprint density at radius 2 is 1.11 bits per heavy atom. The van der Waals surface area contributed by atoms with Gasteiger partial charge in [0.25, 0.3) is 0 Å². The minimum atomic E-state index is -4.66. The van der Waals surface area contributed by atoms with Crippen LogP contribution in [0.4, 0.5) is 31.1 Å². The van der Waals surface area contributed by atoms with E-state index >= 15 is 0 Å². The lowest BCUT2D eigenvalue weighted by atomic mass is 10.0. The molecule has 2 aromatic carbocycles. The van der Waals surface area contributed by atoms with Gasteiger partial charge in [0.2, 0.25) is 11.8 Å². The molecule has 16 heteroatoms. The molecular formula is C31H40F6N6O4. The van der Waals surface area contributed by atoms with E-state index in [-0.39, 0.29) is 6.54 Å². The molecule has 2 aliphatic rings. The number of amides is 3. The van der Waals surface area contributed by atoms with Gasteiger partial charge < -0.3 is 26.4 Å². The first-order chi connectivity index (χ1) is 21.7. The van der Waals surface area contributed by atoms with Crippen LogP contribution < -0.4 is 16.8 Å². The Morgan fingerprint density at radius 3 is 1.47 bits per heavy atom. The van der Waals surface area contributed by atoms with E-state index in [0.717, 1.165) is 50.4 Å². The standard InChI is InChI=1S/C18H24F3N3O3.C13H16F3N3O/c1-17(2,3)27-16(26)24-8-6-23(7-9-24)11-12-4-5-13(15(22)25)14(10-12)18(19,20)21;14-13(15,16)11-7-9(1-2-10(11)12(17)20)8-19-5-3-18-4-6-19/h4-5,10H,6-9,11H2,1-3H3,(H2,22,25);1-2,7,18H,3-6,8H2,(H2,17,20). The summed E-state index contributed by atoms with van der Waals surface area (Å²) in [6, 6.07) is 7.23. The molecule has 260 valence electrons. The Morgan fingerprint density at radius 1 is 0.702 bits per heavy atom. The van der Waals surface area contributed by atoms with E-state index in [1.807, 2.05) is 4.90 Å². The van der Waals surface area contributed by atoms with Crippen LogP contribution in [0, 0.1) is 0 Å². The highest BCUT2D eigenvalue weighted by molar-refractivity contribution is 5.95. The van der Waals surface area contributed by atoms with E-state index in [2.05, 4.69) is 10.2 Å². The van der Waals surface area contributed by atoms with Crippen molar-refractivity contribution in [1.82, 2.24) is 20.0 Å². The molecular weight excluding hydrogens is 634 g/mol. The summed E-state index contributed by atoms with van der Waals surface area (Å²) in [6.45, 7) is 11.2. The van der Waals surface area contributed by atoms with Crippen molar-refractivity contribution in [2.45, 2.75) is 51.8 Å². The average molecular weight is 675 g/mol. The molecule has 0 radical (unpaired) electrons. The topological polar surface area (TPSA) is 134 Å². The number of hydrogen-bond acceptors (Lipinski definition) is 7. The molecule has 2 heterocycles. The second-order valence-electron chi connectivity index (χ2n) is 12.3. The number of alkyl halides is 6. The van der Waals surface area contributed by atoms with Crippen LogP contribution in [0.1, 0.15) is 63.7 Å². The molecule has 2 aliphatic heterocycles. The predicted octanol–water partition coefficient (Wildman–Crippen LogP) is 4.07. The number of piperazine rings is 2. The fourth-order valence-corrected chi connectivity index (χ4v) is 5.08. The van der Waals surface area contributed by atoms with Crippen molar-refractivity contribution >= 4 is 17.9 Å². The zero-order chi connectivity index (χ0) is 35.2. The van der Waals surface area contributed by atoms with Crippen LogP contribution in [-0.2, 0) is 30.2 Å². The lowest BCUT2D eigenvalue weighted by Crippen LogP contribution is -2.49. The fraction of sp³-hybridized carbons (Fsp3) is 0.516. The number of nitrogens with one attached hydrogen (secondary N) is 1. The largest absolute Gasteiger partial charge is 0.444 e. The number of carbonyl (C=O) groups excluding carboxylic acids is 3. The lowest BCUT2D eigenvalue weighted by molar-refractivity contribution is -0.138. The molecule has 0 atom stereocenters. The zero-order valence-corrected chi connectivity index (χ0v) is 26.4. The van der Waals surface area contributed by atoms with Gasteiger partial charge in [0, 0.05) is 65.4 Å². The number of halogens is 6. The maximum Gasteiger partial charge on any atom is 0.417 e. The van der Waals surface area contributed by atoms with Gasteiger partial charge in [-0.3, -0.25) is 19.4 Å². The van der Waals surface area contributed by atoms with Gasteiger partial charge in [-0.1, -0.05) is 12.1 Å². The first-order valence-corrected chi connectivity index (χ1v) is 14.9. The number of hydrogen-bond donors (Lipinski definition) is 3. The summed E-state index contributed by atoms with van der Waals surface area (Å²) in [4.78, 5) is 39.9. The van der Waals surface area contributed by atoms with Crippen LogP contribution in [0.3, 0.4) is 0 Å². The maximum absolute atomic E-state index is 13.2. The first kappa shape index (κ1) is 37.6. The van der Waals surface area contributed by atoms with Gasteiger partial charge in [-0.15, -0.1) is 0 Å². The third kappa shape index (κ3) is 11.4. The first-order valence-electron chi connectivity index (χ1n) is 14.9. The molecule has 0 saturated carbocycles. The Labute approximate surface area is 269 Å². The lowest BCUT2D eigenvalue weighted by Gasteiger charge is -2.35. The Bertz CT molecular complexity index is 1410. The van der Waals surface area contributed by atoms with Crippen molar-refractivity contribution in [2.24, 2.45) is 11.5 Å². The number of ether oxygens (including phenoxy) is 1. The van der Waals surface area contributed by atoms with Crippen LogP contribution in [0.15, 0.2) is 36.4 Å². The molecule has 2 saturated heterocycles. The fourth-order valence-electron chi connectivity index (χ4n) is 5.08. The third-order valence-corrected chi connectivity index (χ3v) is 7.36. The van der Waals surface area contributed by atoms with Crippen LogP contribution in [0.25, 0.3) is 0 Å². The number of rotatable bonds is 6. The number of nitrogens with two attached hydrogens (primary N) is 2. The van der Waals surface area contributed by atoms with Gasteiger partial charge in [0.1, 0.15) is 5.60 Å². The van der Waals surface area contributed by atoms with Gasteiger partial charge in [-0.2, -0.15) is 26.3 Å². The molecule has 47 heavy (non-hydrogen) atoms. The summed E-state index contributed by atoms with van der Waals surface area (Å²) in [6.07, 6.45) is -9.63. The second kappa shape index (κ2) is 15.3. The van der Waals surface area contributed by atoms with Gasteiger partial charge in [-0.05, 0) is 56.2 Å². The SMILES string of the molecule is CC(C)(C)OC(=O)N1CCN(Cc2ccc(C(N)=O)c(C(F)(F)F)c2)CC1.NC(=O)c1ccc(CN2CCNCC2)cc1C(F)(F)F. The molecule has 4 rings (SSSR count). The van der Waals surface area contributed by atoms with E-state index in [4.69, 9.17) is 16.2 Å². The van der Waals surface area contributed by atoms with Crippen LogP contribution in [0.2, 0.25) is 0 Å². The van der Waals surface area contributed by atoms with Crippen LogP contribution in [0.5, 0.6) is 0 Å². The predicted molar refractivity (Wildman–Crippen MR) is 161 cm³/mol. The molecule has 5 N–H and O–H groups in total. The summed E-state index contributed by atoms with van der Waals surface area (Å²) in [5.41, 5.74) is 7.39. The summed E-state index contributed by atoms with van der Waals surface area (Å²) in [5, 5.41) is 3.18. The molecule has 0 bridgehead atoms. The van der Waals surface area contributed by atoms with Crippen LogP contribution in [-0.4, -0.2) is 90.6 Å². The molecule has 10 nitrogen and oxygen atoms in total. The average Bonchev–Trinajstić information content (AvgIpc) is 2.96. The molecule has 0 spiro atoms. The summed E-state index contributed by atoms with van der Waals surface area (Å²) in [5.74, 6) is -2.18. The van der Waals surface area contributed by atoms with Gasteiger partial charge in [-0.25, -0.2) is 4.79 Å². The van der Waals surface area contributed by atoms with Crippen molar-refractivity contribution in [3.63, 3.8) is 0 Å². The van der Waals surface area contributed by atoms with Gasteiger partial charge >= 0.3 is 18.4 Å². The summed E-state index contributed by atoms with van der Waals surface area (Å²) in [7, 11) is 0. The highest BCUT2D eigenvalue weighted by Crippen LogP contribution is 2.34. The number of benzene rings is 2. The van der Waals surface area contributed by atoms with E-state index in [9.17, 15) is 40.7 Å². The number of primary amides is 2. The summed E-state index contributed by atoms with van der Waals surface area (Å²) < 4.78 is 83.6. The monoisotopic (exact) mass is 674 g/mol. The van der Waals surface area contributed by atoms with Gasteiger partial charge in [0.15, 0.2) is 0 Å². The molecule has 0 aliphatic carbocycles. The smallest absolute Gasteiger partial charge is 0.417 e. The Hall–Kier alpha value is -3.89. The highest BCUT2D eigenvalue weighted by atomic mass is 19.4. The number of nitrogens with zero attached hydrogens (tertiary/aromatic N) is 3. The van der Waals surface area contributed by atoms with E-state index in [1.54, 1.807) is 25.7 Å². The molecule has 3 amide bonds. The van der Waals surface area contributed by atoms with E-state index in [0.29, 0.717) is 43.9 Å². The molecule has 2 fully saturated rings. The van der Waals surface area contributed by atoms with E-state index < -0.39 is 58.1 Å². The third-order valence-electron chi connectivity index (χ3n) is 7.36. The normalized spacial score (nSPS) is 16.7. The van der Waals surface area contributed by atoms with Crippen molar-refractivity contribution in [1.29, 1.82) is 0 Å². The van der Waals surface area contributed by atoms with Crippen LogP contribution >= 0.6 is 0 Å². The van der Waals surface area contributed by atoms with Gasteiger partial charge in [0.05, 0.1) is 22.3 Å².